The number of allylic oxidation sites excluding steroid dienone is 1. The number of nitrogens with two attached hydrogens (primary N) is 1. The molecule has 0 saturated heterocycles. The van der Waals surface area contributed by atoms with E-state index in [0.29, 0.717) is 28.1 Å². The monoisotopic (exact) mass is 494 g/mol. The summed E-state index contributed by atoms with van der Waals surface area (Å²) >= 11 is 1.13. The molecule has 34 heavy (non-hydrogen) atoms. The van der Waals surface area contributed by atoms with Crippen molar-refractivity contribution in [2.45, 2.75) is 32.0 Å². The number of hydrogen-bond acceptors (Lipinski definition) is 6. The van der Waals surface area contributed by atoms with Crippen LogP contribution in [0.1, 0.15) is 24.3 Å². The first kappa shape index (κ1) is 25.0. The molecule has 3 rings (SSSR count). The quantitative estimate of drug-likeness (QED) is 0.330. The first-order chi connectivity index (χ1) is 16.1. The third-order valence-corrected chi connectivity index (χ3v) is 5.54. The number of aromatic nitrogens is 2. The van der Waals surface area contributed by atoms with Gasteiger partial charge in [0, 0.05) is 12.6 Å². The van der Waals surface area contributed by atoms with Gasteiger partial charge < -0.3 is 20.4 Å². The summed E-state index contributed by atoms with van der Waals surface area (Å²) in [6.45, 7) is -1.35. The van der Waals surface area contributed by atoms with Gasteiger partial charge >= 0.3 is 6.18 Å². The average Bonchev–Trinajstić information content (AvgIpc) is 3.17. The molecule has 0 bridgehead atoms. The fourth-order valence-corrected chi connectivity index (χ4v) is 4.03. The van der Waals surface area contributed by atoms with Crippen LogP contribution < -0.4 is 21.3 Å². The number of alkyl halides is 3. The third-order valence-electron chi connectivity index (χ3n) is 4.47. The number of primary amides is 1. The fraction of sp³-hybridized carbons (Fsp3) is 0.273. The number of carbonyl (C=O) groups is 2. The molecule has 2 amide bonds. The molecule has 0 radical (unpaired) electrons. The molecule has 0 saturated carbocycles. The Morgan fingerprint density at radius 3 is 2.76 bits per heavy atom. The molecule has 3 aromatic rings. The van der Waals surface area contributed by atoms with Crippen LogP contribution in [0.5, 0.6) is 5.75 Å². The second kappa shape index (κ2) is 11.0. The Balaban J connectivity index is 1.68. The number of rotatable bonds is 10. The number of anilines is 1. The summed E-state index contributed by atoms with van der Waals surface area (Å²) in [4.78, 5) is 39.9. The second-order valence-electron chi connectivity index (χ2n) is 7.22. The van der Waals surface area contributed by atoms with Gasteiger partial charge in [0.2, 0.25) is 11.8 Å². The smallest absolute Gasteiger partial charge is 0.422 e. The minimum Gasteiger partial charge on any atom is -0.483 e. The summed E-state index contributed by atoms with van der Waals surface area (Å²) < 4.78 is 44.2. The second-order valence-corrected chi connectivity index (χ2v) is 8.30. The molecule has 2 aromatic heterocycles. The van der Waals surface area contributed by atoms with Crippen LogP contribution in [0.4, 0.5) is 18.9 Å². The van der Waals surface area contributed by atoms with Crippen molar-refractivity contribution >= 4 is 39.1 Å². The summed E-state index contributed by atoms with van der Waals surface area (Å²) in [5.74, 6) is -0.848. The molecule has 0 aliphatic carbocycles. The molecule has 3 N–H and O–H groups in total. The molecule has 1 aromatic carbocycles. The van der Waals surface area contributed by atoms with Crippen molar-refractivity contribution in [3.05, 3.63) is 64.0 Å². The van der Waals surface area contributed by atoms with Crippen LogP contribution in [0, 0.1) is 0 Å². The molecule has 0 unspecified atom stereocenters. The van der Waals surface area contributed by atoms with E-state index in [1.54, 1.807) is 24.3 Å². The Kier molecular flexibility index (Phi) is 8.05. The van der Waals surface area contributed by atoms with Crippen molar-refractivity contribution in [2.24, 2.45) is 5.73 Å². The lowest BCUT2D eigenvalue weighted by Crippen LogP contribution is -2.25. The fourth-order valence-electron chi connectivity index (χ4n) is 3.01. The molecule has 0 spiro atoms. The van der Waals surface area contributed by atoms with E-state index < -0.39 is 24.2 Å². The van der Waals surface area contributed by atoms with E-state index >= 15 is 0 Å². The normalized spacial score (nSPS) is 11.7. The summed E-state index contributed by atoms with van der Waals surface area (Å²) in [6.07, 6.45) is 0.969. The number of ether oxygens (including phenoxy) is 1. The van der Waals surface area contributed by atoms with E-state index in [4.69, 9.17) is 10.5 Å². The minimum atomic E-state index is -4.46. The van der Waals surface area contributed by atoms with E-state index in [2.05, 4.69) is 10.3 Å². The maximum atomic E-state index is 12.8. The van der Waals surface area contributed by atoms with Crippen LogP contribution in [0.2, 0.25) is 0 Å². The lowest BCUT2D eigenvalue weighted by Gasteiger charge is -2.09. The number of benzene rings is 1. The minimum absolute atomic E-state index is 0.0672. The summed E-state index contributed by atoms with van der Waals surface area (Å²) in [7, 11) is 0. The number of amides is 2. The predicted octanol–water partition coefficient (Wildman–Crippen LogP) is 3.60. The zero-order valence-electron chi connectivity index (χ0n) is 17.8. The van der Waals surface area contributed by atoms with E-state index in [0.717, 1.165) is 11.3 Å². The largest absolute Gasteiger partial charge is 0.483 e. The third kappa shape index (κ3) is 7.17. The van der Waals surface area contributed by atoms with Crippen LogP contribution in [0.25, 0.3) is 10.2 Å². The summed E-state index contributed by atoms with van der Waals surface area (Å²) in [6, 6.07) is 7.70. The first-order valence-electron chi connectivity index (χ1n) is 10.2. The highest BCUT2D eigenvalue weighted by molar-refractivity contribution is 7.19. The zero-order valence-corrected chi connectivity index (χ0v) is 18.6. The van der Waals surface area contributed by atoms with Crippen LogP contribution in [0.15, 0.2) is 53.5 Å². The summed E-state index contributed by atoms with van der Waals surface area (Å²) in [5.41, 5.74) is 5.09. The SMILES string of the molecule is NC(=O)/C=C/CCCC(=O)Nc1cccn(Cc2nc3cccc(OCC(F)(F)F)c3s2)c1=O. The van der Waals surface area contributed by atoms with Crippen LogP contribution in [-0.4, -0.2) is 34.1 Å². The van der Waals surface area contributed by atoms with Gasteiger partial charge in [0.15, 0.2) is 6.61 Å². The van der Waals surface area contributed by atoms with Crippen molar-refractivity contribution in [3.63, 3.8) is 0 Å². The molecule has 180 valence electrons. The van der Waals surface area contributed by atoms with E-state index in [9.17, 15) is 27.6 Å². The molecule has 12 heteroatoms. The lowest BCUT2D eigenvalue weighted by atomic mass is 10.2. The topological polar surface area (TPSA) is 116 Å². The van der Waals surface area contributed by atoms with E-state index in [1.807, 2.05) is 0 Å². The number of pyridine rings is 1. The van der Waals surface area contributed by atoms with Crippen molar-refractivity contribution in [3.8, 4) is 5.75 Å². The molecular formula is C22H21F3N4O4S. The number of carbonyl (C=O) groups excluding carboxylic acids is 2. The van der Waals surface area contributed by atoms with Gasteiger partial charge in [-0.25, -0.2) is 4.98 Å². The number of nitrogens with zero attached hydrogens (tertiary/aromatic N) is 2. The molecule has 0 atom stereocenters. The average molecular weight is 494 g/mol. The molecule has 0 fully saturated rings. The lowest BCUT2D eigenvalue weighted by molar-refractivity contribution is -0.153. The highest BCUT2D eigenvalue weighted by Gasteiger charge is 2.29. The predicted molar refractivity (Wildman–Crippen MR) is 122 cm³/mol. The Labute approximate surface area is 195 Å². The van der Waals surface area contributed by atoms with Crippen molar-refractivity contribution in [2.75, 3.05) is 11.9 Å². The number of fused-ring (bicyclic) bond motifs is 1. The van der Waals surface area contributed by atoms with Crippen LogP contribution in [-0.2, 0) is 16.1 Å². The van der Waals surface area contributed by atoms with Crippen LogP contribution in [0.3, 0.4) is 0 Å². The van der Waals surface area contributed by atoms with Gasteiger partial charge in [0.25, 0.3) is 5.56 Å². The van der Waals surface area contributed by atoms with Gasteiger partial charge in [0.05, 0.1) is 16.8 Å². The van der Waals surface area contributed by atoms with Gasteiger partial charge in [-0.3, -0.25) is 14.4 Å². The highest BCUT2D eigenvalue weighted by atomic mass is 32.1. The maximum absolute atomic E-state index is 12.8. The van der Waals surface area contributed by atoms with Crippen LogP contribution >= 0.6 is 11.3 Å². The number of hydrogen-bond donors (Lipinski definition) is 2. The highest BCUT2D eigenvalue weighted by Crippen LogP contribution is 2.32. The Morgan fingerprint density at radius 1 is 1.24 bits per heavy atom. The van der Waals surface area contributed by atoms with Crippen molar-refractivity contribution in [1.82, 2.24) is 9.55 Å². The van der Waals surface area contributed by atoms with E-state index in [-0.39, 0.29) is 30.3 Å². The van der Waals surface area contributed by atoms with Crippen molar-refractivity contribution in [1.29, 1.82) is 0 Å². The Morgan fingerprint density at radius 2 is 2.03 bits per heavy atom. The van der Waals surface area contributed by atoms with Crippen molar-refractivity contribution < 1.29 is 27.5 Å². The Bertz CT molecular complexity index is 1270. The maximum Gasteiger partial charge on any atom is 0.422 e. The molecule has 0 aliphatic heterocycles. The van der Waals surface area contributed by atoms with Gasteiger partial charge in [-0.05, 0) is 43.2 Å². The molecule has 8 nitrogen and oxygen atoms in total. The number of unbranched alkanes of at least 4 members (excludes halogenated alkanes) is 1. The standard InChI is InChI=1S/C22H21F3N4O4S/c23-22(24,25)13-33-16-8-4-6-14-20(16)34-19(28-14)12-29-11-5-7-15(21(29)32)27-18(31)10-3-1-2-9-17(26)30/h2,4-9,11H,1,3,10,12-13H2,(H2,26,30)(H,27,31)/b9-2+. The van der Waals surface area contributed by atoms with E-state index in [1.165, 1.54) is 29.0 Å². The number of nitrogens with one attached hydrogen (secondary N) is 1. The Hall–Kier alpha value is -3.67. The zero-order chi connectivity index (χ0) is 24.7. The van der Waals surface area contributed by atoms with Gasteiger partial charge in [-0.15, -0.1) is 11.3 Å². The number of thiazole rings is 1. The molecule has 0 aliphatic rings. The molecular weight excluding hydrogens is 473 g/mol. The summed E-state index contributed by atoms with van der Waals surface area (Å²) in [5, 5.41) is 3.06. The van der Waals surface area contributed by atoms with Gasteiger partial charge in [-0.1, -0.05) is 12.1 Å². The van der Waals surface area contributed by atoms with Gasteiger partial charge in [-0.2, -0.15) is 13.2 Å². The molecule has 2 heterocycles. The first-order valence-corrected chi connectivity index (χ1v) is 11.0. The number of halogens is 3. The van der Waals surface area contributed by atoms with Gasteiger partial charge in [0.1, 0.15) is 16.4 Å².